The molecule has 0 aliphatic carbocycles. The standard InChI is InChI=1S/C10H16BrNS/c1-10(2,3)7-12-5-8-4-9(11)13-6-8/h4,6,12H,5,7H2,1-3H3. The van der Waals surface area contributed by atoms with E-state index in [0.29, 0.717) is 5.41 Å². The van der Waals surface area contributed by atoms with E-state index in [4.69, 9.17) is 0 Å². The molecule has 1 rings (SSSR count). The Hall–Kier alpha value is 0.140. The third-order valence-corrected chi connectivity index (χ3v) is 3.16. The molecule has 0 spiro atoms. The van der Waals surface area contributed by atoms with Gasteiger partial charge in [0, 0.05) is 13.1 Å². The first kappa shape index (κ1) is 11.2. The Labute approximate surface area is 92.7 Å². The van der Waals surface area contributed by atoms with Crippen LogP contribution in [0.25, 0.3) is 0 Å². The van der Waals surface area contributed by atoms with Crippen LogP contribution in [0.2, 0.25) is 0 Å². The second kappa shape index (κ2) is 4.58. The maximum atomic E-state index is 3.45. The van der Waals surface area contributed by atoms with Crippen molar-refractivity contribution >= 4 is 27.3 Å². The lowest BCUT2D eigenvalue weighted by molar-refractivity contribution is 0.379. The van der Waals surface area contributed by atoms with E-state index in [0.717, 1.165) is 13.1 Å². The van der Waals surface area contributed by atoms with Crippen LogP contribution in [0, 0.1) is 5.41 Å². The van der Waals surface area contributed by atoms with Crippen LogP contribution >= 0.6 is 27.3 Å². The number of thiophene rings is 1. The van der Waals surface area contributed by atoms with E-state index in [1.54, 1.807) is 11.3 Å². The van der Waals surface area contributed by atoms with Gasteiger partial charge in [-0.15, -0.1) is 11.3 Å². The number of rotatable bonds is 3. The van der Waals surface area contributed by atoms with Gasteiger partial charge in [0.05, 0.1) is 3.79 Å². The van der Waals surface area contributed by atoms with Crippen LogP contribution in [-0.4, -0.2) is 6.54 Å². The van der Waals surface area contributed by atoms with Crippen molar-refractivity contribution < 1.29 is 0 Å². The summed E-state index contributed by atoms with van der Waals surface area (Å²) < 4.78 is 1.21. The van der Waals surface area contributed by atoms with Crippen molar-refractivity contribution in [3.8, 4) is 0 Å². The molecule has 0 saturated carbocycles. The fourth-order valence-electron chi connectivity index (χ4n) is 1.02. The molecule has 1 aromatic rings. The Kier molecular flexibility index (Phi) is 3.95. The van der Waals surface area contributed by atoms with Crippen LogP contribution in [0.5, 0.6) is 0 Å². The lowest BCUT2D eigenvalue weighted by Gasteiger charge is -2.18. The molecule has 74 valence electrons. The molecular weight excluding hydrogens is 246 g/mol. The topological polar surface area (TPSA) is 12.0 Å². The van der Waals surface area contributed by atoms with Crippen molar-refractivity contribution in [2.45, 2.75) is 27.3 Å². The van der Waals surface area contributed by atoms with Gasteiger partial charge in [-0.05, 0) is 38.4 Å². The summed E-state index contributed by atoms with van der Waals surface area (Å²) in [5.41, 5.74) is 1.73. The molecule has 1 N–H and O–H groups in total. The molecule has 0 atom stereocenters. The van der Waals surface area contributed by atoms with Crippen LogP contribution < -0.4 is 5.32 Å². The molecule has 1 nitrogen and oxygen atoms in total. The van der Waals surface area contributed by atoms with E-state index < -0.39 is 0 Å². The molecule has 0 amide bonds. The van der Waals surface area contributed by atoms with Gasteiger partial charge in [-0.2, -0.15) is 0 Å². The van der Waals surface area contributed by atoms with Crippen LogP contribution in [0.4, 0.5) is 0 Å². The predicted molar refractivity (Wildman–Crippen MR) is 63.2 cm³/mol. The summed E-state index contributed by atoms with van der Waals surface area (Å²) in [4.78, 5) is 0. The van der Waals surface area contributed by atoms with Crippen molar-refractivity contribution in [2.24, 2.45) is 5.41 Å². The summed E-state index contributed by atoms with van der Waals surface area (Å²) in [7, 11) is 0. The third kappa shape index (κ3) is 4.79. The van der Waals surface area contributed by atoms with Crippen LogP contribution in [0.15, 0.2) is 15.2 Å². The van der Waals surface area contributed by atoms with E-state index in [-0.39, 0.29) is 0 Å². The highest BCUT2D eigenvalue weighted by molar-refractivity contribution is 9.11. The van der Waals surface area contributed by atoms with Gasteiger partial charge in [0.1, 0.15) is 0 Å². The molecule has 13 heavy (non-hydrogen) atoms. The Morgan fingerprint density at radius 3 is 2.62 bits per heavy atom. The summed E-state index contributed by atoms with van der Waals surface area (Å²) >= 11 is 5.19. The number of hydrogen-bond donors (Lipinski definition) is 1. The maximum Gasteiger partial charge on any atom is 0.0701 e. The lowest BCUT2D eigenvalue weighted by Crippen LogP contribution is -2.26. The quantitative estimate of drug-likeness (QED) is 0.876. The first-order chi connectivity index (χ1) is 5.97. The second-order valence-corrected chi connectivity index (χ2v) is 6.71. The molecule has 0 aromatic carbocycles. The smallest absolute Gasteiger partial charge is 0.0701 e. The van der Waals surface area contributed by atoms with Gasteiger partial charge >= 0.3 is 0 Å². The zero-order valence-corrected chi connectivity index (χ0v) is 10.8. The third-order valence-electron chi connectivity index (χ3n) is 1.61. The minimum absolute atomic E-state index is 0.368. The number of hydrogen-bond acceptors (Lipinski definition) is 2. The fourth-order valence-corrected chi connectivity index (χ4v) is 2.23. The number of nitrogens with one attached hydrogen (secondary N) is 1. The Morgan fingerprint density at radius 2 is 2.15 bits per heavy atom. The average Bonchev–Trinajstić information content (AvgIpc) is 2.33. The Morgan fingerprint density at radius 1 is 1.46 bits per heavy atom. The average molecular weight is 262 g/mol. The zero-order valence-electron chi connectivity index (χ0n) is 8.36. The number of halogens is 1. The summed E-state index contributed by atoms with van der Waals surface area (Å²) in [6, 6.07) is 2.17. The first-order valence-corrected chi connectivity index (χ1v) is 6.08. The van der Waals surface area contributed by atoms with Crippen molar-refractivity contribution in [3.63, 3.8) is 0 Å². The predicted octanol–water partition coefficient (Wildman–Crippen LogP) is 3.65. The first-order valence-electron chi connectivity index (χ1n) is 4.41. The molecule has 0 unspecified atom stereocenters. The lowest BCUT2D eigenvalue weighted by atomic mass is 9.97. The van der Waals surface area contributed by atoms with Crippen molar-refractivity contribution in [1.29, 1.82) is 0 Å². The highest BCUT2D eigenvalue weighted by atomic mass is 79.9. The van der Waals surface area contributed by atoms with Gasteiger partial charge in [-0.25, -0.2) is 0 Å². The van der Waals surface area contributed by atoms with Crippen molar-refractivity contribution in [1.82, 2.24) is 5.32 Å². The largest absolute Gasteiger partial charge is 0.312 e. The SMILES string of the molecule is CC(C)(C)CNCc1csc(Br)c1. The molecule has 0 saturated heterocycles. The molecule has 0 aliphatic heterocycles. The van der Waals surface area contributed by atoms with Gasteiger partial charge in [-0.1, -0.05) is 20.8 Å². The van der Waals surface area contributed by atoms with Gasteiger partial charge < -0.3 is 5.32 Å². The van der Waals surface area contributed by atoms with Crippen LogP contribution in [0.1, 0.15) is 26.3 Å². The molecular formula is C10H16BrNS. The summed E-state index contributed by atoms with van der Waals surface area (Å²) in [5, 5.41) is 5.62. The Bertz CT molecular complexity index is 262. The minimum atomic E-state index is 0.368. The molecule has 1 heterocycles. The van der Waals surface area contributed by atoms with E-state index in [1.165, 1.54) is 9.35 Å². The molecule has 0 fully saturated rings. The van der Waals surface area contributed by atoms with E-state index in [1.807, 2.05) is 0 Å². The van der Waals surface area contributed by atoms with Gasteiger partial charge in [-0.3, -0.25) is 0 Å². The van der Waals surface area contributed by atoms with Gasteiger partial charge in [0.15, 0.2) is 0 Å². The second-order valence-electron chi connectivity index (χ2n) is 4.42. The molecule has 3 heteroatoms. The monoisotopic (exact) mass is 261 g/mol. The molecule has 0 aliphatic rings. The summed E-state index contributed by atoms with van der Waals surface area (Å²) in [5.74, 6) is 0. The molecule has 0 bridgehead atoms. The van der Waals surface area contributed by atoms with Gasteiger partial charge in [0.25, 0.3) is 0 Å². The fraction of sp³-hybridized carbons (Fsp3) is 0.600. The summed E-state index contributed by atoms with van der Waals surface area (Å²) in [6.07, 6.45) is 0. The minimum Gasteiger partial charge on any atom is -0.312 e. The van der Waals surface area contributed by atoms with E-state index in [2.05, 4.69) is 53.5 Å². The highest BCUT2D eigenvalue weighted by Crippen LogP contribution is 2.20. The van der Waals surface area contributed by atoms with Crippen molar-refractivity contribution in [3.05, 3.63) is 20.8 Å². The normalized spacial score (nSPS) is 12.0. The van der Waals surface area contributed by atoms with E-state index >= 15 is 0 Å². The molecule has 0 radical (unpaired) electrons. The van der Waals surface area contributed by atoms with Crippen LogP contribution in [-0.2, 0) is 6.54 Å². The molecule has 1 aromatic heterocycles. The maximum absolute atomic E-state index is 3.45. The van der Waals surface area contributed by atoms with Gasteiger partial charge in [0.2, 0.25) is 0 Å². The Balaban J connectivity index is 2.28. The van der Waals surface area contributed by atoms with E-state index in [9.17, 15) is 0 Å². The zero-order chi connectivity index (χ0) is 9.90. The summed E-state index contributed by atoms with van der Waals surface area (Å²) in [6.45, 7) is 8.75. The van der Waals surface area contributed by atoms with Crippen LogP contribution in [0.3, 0.4) is 0 Å². The highest BCUT2D eigenvalue weighted by Gasteiger charge is 2.08. The van der Waals surface area contributed by atoms with Crippen molar-refractivity contribution in [2.75, 3.05) is 6.54 Å².